The van der Waals surface area contributed by atoms with Crippen LogP contribution in [-0.2, 0) is 4.79 Å². The first kappa shape index (κ1) is 18.3. The zero-order valence-electron chi connectivity index (χ0n) is 14.9. The fraction of sp³-hybridized carbons (Fsp3) is 0.421. The fourth-order valence-corrected chi connectivity index (χ4v) is 3.92. The summed E-state index contributed by atoms with van der Waals surface area (Å²) in [5.74, 6) is 1.39. The summed E-state index contributed by atoms with van der Waals surface area (Å²) >= 11 is 1.28. The number of hydrogen-bond acceptors (Lipinski definition) is 6. The van der Waals surface area contributed by atoms with Gasteiger partial charge >= 0.3 is 0 Å². The van der Waals surface area contributed by atoms with Crippen LogP contribution in [-0.4, -0.2) is 36.9 Å². The molecule has 0 radical (unpaired) electrons. The minimum absolute atomic E-state index is 0.0139. The number of hydrogen-bond donors (Lipinski definition) is 1. The van der Waals surface area contributed by atoms with Crippen molar-refractivity contribution >= 4 is 28.6 Å². The normalized spacial score (nSPS) is 14.2. The molecule has 2 aromatic rings. The molecule has 1 aliphatic carbocycles. The van der Waals surface area contributed by atoms with Crippen molar-refractivity contribution in [1.82, 2.24) is 10.3 Å². The van der Waals surface area contributed by atoms with Crippen molar-refractivity contribution in [2.45, 2.75) is 36.8 Å². The average molecular weight is 371 g/mol. The Labute approximate surface area is 156 Å². The number of nitrogens with zero attached hydrogens (tertiary/aromatic N) is 2. The van der Waals surface area contributed by atoms with Crippen molar-refractivity contribution in [1.29, 1.82) is 5.26 Å². The number of pyridine rings is 1. The standard InChI is InChI=1S/C19H21N3O3S/c1-24-16-8-12-7-13(10-20)19(22-15(12)9-17(16)25-2)26-11-18(23)21-14-5-3-4-6-14/h7-9,14H,3-6,11H2,1-2H3,(H,21,23). The summed E-state index contributed by atoms with van der Waals surface area (Å²) in [6.07, 6.45) is 4.45. The van der Waals surface area contributed by atoms with Gasteiger partial charge < -0.3 is 14.8 Å². The van der Waals surface area contributed by atoms with E-state index in [9.17, 15) is 10.1 Å². The number of aromatic nitrogens is 1. The van der Waals surface area contributed by atoms with Crippen LogP contribution in [0.2, 0.25) is 0 Å². The molecule has 1 N–H and O–H groups in total. The summed E-state index contributed by atoms with van der Waals surface area (Å²) in [4.78, 5) is 16.7. The summed E-state index contributed by atoms with van der Waals surface area (Å²) < 4.78 is 10.6. The van der Waals surface area contributed by atoms with Gasteiger partial charge in [-0.15, -0.1) is 0 Å². The Kier molecular flexibility index (Phi) is 5.84. The molecule has 0 saturated heterocycles. The van der Waals surface area contributed by atoms with E-state index in [4.69, 9.17) is 9.47 Å². The molecule has 7 heteroatoms. The lowest BCUT2D eigenvalue weighted by molar-refractivity contribution is -0.119. The number of methoxy groups -OCH3 is 2. The Hall–Kier alpha value is -2.46. The molecule has 1 fully saturated rings. The first-order valence-corrected chi connectivity index (χ1v) is 9.52. The van der Waals surface area contributed by atoms with Gasteiger partial charge in [-0.3, -0.25) is 4.79 Å². The van der Waals surface area contributed by atoms with Gasteiger partial charge in [-0.2, -0.15) is 5.26 Å². The Balaban J connectivity index is 1.80. The molecule has 0 atom stereocenters. The maximum atomic E-state index is 12.1. The number of ether oxygens (including phenoxy) is 2. The van der Waals surface area contributed by atoms with Gasteiger partial charge in [0.1, 0.15) is 11.1 Å². The second kappa shape index (κ2) is 8.28. The van der Waals surface area contributed by atoms with Crippen LogP contribution in [0.25, 0.3) is 10.9 Å². The maximum absolute atomic E-state index is 12.1. The molecule has 6 nitrogen and oxygen atoms in total. The van der Waals surface area contributed by atoms with Crippen LogP contribution in [0.3, 0.4) is 0 Å². The first-order valence-electron chi connectivity index (χ1n) is 8.53. The molecule has 1 heterocycles. The first-order chi connectivity index (χ1) is 12.6. The van der Waals surface area contributed by atoms with Gasteiger partial charge in [0.2, 0.25) is 5.91 Å². The van der Waals surface area contributed by atoms with Gasteiger partial charge in [0.05, 0.1) is 31.1 Å². The van der Waals surface area contributed by atoms with Gasteiger partial charge in [0.15, 0.2) is 11.5 Å². The number of carbonyl (C=O) groups is 1. The second-order valence-corrected chi connectivity index (χ2v) is 7.15. The third kappa shape index (κ3) is 4.02. The highest BCUT2D eigenvalue weighted by atomic mass is 32.2. The number of amides is 1. The van der Waals surface area contributed by atoms with Gasteiger partial charge in [-0.05, 0) is 25.0 Å². The molecule has 3 rings (SSSR count). The highest BCUT2D eigenvalue weighted by Gasteiger charge is 2.18. The lowest BCUT2D eigenvalue weighted by Crippen LogP contribution is -2.33. The minimum Gasteiger partial charge on any atom is -0.493 e. The summed E-state index contributed by atoms with van der Waals surface area (Å²) in [6, 6.07) is 7.79. The van der Waals surface area contributed by atoms with Gasteiger partial charge in [-0.1, -0.05) is 24.6 Å². The second-order valence-electron chi connectivity index (χ2n) is 6.19. The van der Waals surface area contributed by atoms with Crippen molar-refractivity contribution in [3.63, 3.8) is 0 Å². The van der Waals surface area contributed by atoms with Crippen LogP contribution in [0.5, 0.6) is 11.5 Å². The molecule has 1 aliphatic rings. The van der Waals surface area contributed by atoms with Crippen molar-refractivity contribution in [3.8, 4) is 17.6 Å². The number of rotatable bonds is 6. The van der Waals surface area contributed by atoms with E-state index in [1.165, 1.54) is 24.6 Å². The topological polar surface area (TPSA) is 84.2 Å². The molecular weight excluding hydrogens is 350 g/mol. The van der Waals surface area contributed by atoms with E-state index in [2.05, 4.69) is 16.4 Å². The molecule has 26 heavy (non-hydrogen) atoms. The van der Waals surface area contributed by atoms with Crippen molar-refractivity contribution in [3.05, 3.63) is 23.8 Å². The summed E-state index contributed by atoms with van der Waals surface area (Å²) in [6.45, 7) is 0. The maximum Gasteiger partial charge on any atom is 0.230 e. The van der Waals surface area contributed by atoms with Crippen LogP contribution >= 0.6 is 11.8 Å². The van der Waals surface area contributed by atoms with Crippen LogP contribution in [0, 0.1) is 11.3 Å². The molecule has 136 valence electrons. The Morgan fingerprint density at radius 2 is 1.96 bits per heavy atom. The van der Waals surface area contributed by atoms with E-state index >= 15 is 0 Å². The lowest BCUT2D eigenvalue weighted by Gasteiger charge is -2.12. The van der Waals surface area contributed by atoms with E-state index in [1.807, 2.05) is 0 Å². The summed E-state index contributed by atoms with van der Waals surface area (Å²) in [7, 11) is 3.13. The zero-order valence-corrected chi connectivity index (χ0v) is 15.7. The number of nitrogens with one attached hydrogen (secondary N) is 1. The van der Waals surface area contributed by atoms with Gasteiger partial charge in [-0.25, -0.2) is 4.98 Å². The molecule has 1 amide bonds. The van der Waals surface area contributed by atoms with Crippen molar-refractivity contribution < 1.29 is 14.3 Å². The number of carbonyl (C=O) groups excluding carboxylic acids is 1. The quantitative estimate of drug-likeness (QED) is 0.785. The van der Waals surface area contributed by atoms with Gasteiger partial charge in [0, 0.05) is 17.5 Å². The molecule has 0 aliphatic heterocycles. The fourth-order valence-electron chi connectivity index (χ4n) is 3.15. The van der Waals surface area contributed by atoms with Crippen molar-refractivity contribution in [2.24, 2.45) is 0 Å². The van der Waals surface area contributed by atoms with Gasteiger partial charge in [0.25, 0.3) is 0 Å². The molecule has 1 aromatic heterocycles. The predicted octanol–water partition coefficient (Wildman–Crippen LogP) is 3.27. The van der Waals surface area contributed by atoms with E-state index in [0.717, 1.165) is 18.2 Å². The third-order valence-corrected chi connectivity index (χ3v) is 5.46. The zero-order chi connectivity index (χ0) is 18.5. The van der Waals surface area contributed by atoms with Crippen LogP contribution in [0.15, 0.2) is 23.2 Å². The SMILES string of the molecule is COc1cc2cc(C#N)c(SCC(=O)NC3CCCC3)nc2cc1OC. The molecule has 0 spiro atoms. The number of fused-ring (bicyclic) bond motifs is 1. The molecular formula is C19H21N3O3S. The van der Waals surface area contributed by atoms with E-state index < -0.39 is 0 Å². The van der Waals surface area contributed by atoms with E-state index in [0.29, 0.717) is 33.6 Å². The summed E-state index contributed by atoms with van der Waals surface area (Å²) in [5.41, 5.74) is 1.14. The highest BCUT2D eigenvalue weighted by molar-refractivity contribution is 8.00. The summed E-state index contributed by atoms with van der Waals surface area (Å²) in [5, 5.41) is 13.8. The molecule has 0 bridgehead atoms. The smallest absolute Gasteiger partial charge is 0.230 e. The minimum atomic E-state index is -0.0139. The van der Waals surface area contributed by atoms with E-state index in [-0.39, 0.29) is 11.7 Å². The molecule has 0 unspecified atom stereocenters. The Morgan fingerprint density at radius 1 is 1.27 bits per heavy atom. The number of benzene rings is 1. The van der Waals surface area contributed by atoms with Crippen LogP contribution < -0.4 is 14.8 Å². The monoisotopic (exact) mass is 371 g/mol. The van der Waals surface area contributed by atoms with Crippen molar-refractivity contribution in [2.75, 3.05) is 20.0 Å². The predicted molar refractivity (Wildman–Crippen MR) is 101 cm³/mol. The molecule has 1 saturated carbocycles. The highest BCUT2D eigenvalue weighted by Crippen LogP contribution is 2.33. The lowest BCUT2D eigenvalue weighted by atomic mass is 10.1. The third-order valence-electron chi connectivity index (χ3n) is 4.47. The molecule has 1 aromatic carbocycles. The number of thioether (sulfide) groups is 1. The average Bonchev–Trinajstić information content (AvgIpc) is 3.17. The van der Waals surface area contributed by atoms with Crippen LogP contribution in [0.1, 0.15) is 31.2 Å². The van der Waals surface area contributed by atoms with E-state index in [1.54, 1.807) is 32.4 Å². The largest absolute Gasteiger partial charge is 0.493 e. The Morgan fingerprint density at radius 3 is 2.62 bits per heavy atom. The number of nitriles is 1. The van der Waals surface area contributed by atoms with Crippen LogP contribution in [0.4, 0.5) is 0 Å². The Bertz CT molecular complexity index is 857.